The molecule has 0 radical (unpaired) electrons. The molecule has 1 aromatic carbocycles. The number of H-pyrrole nitrogens is 2. The van der Waals surface area contributed by atoms with Crippen molar-refractivity contribution in [3.63, 3.8) is 0 Å². The number of nitrogen functional groups attached to an aromatic ring is 1. The maximum absolute atomic E-state index is 5.90. The van der Waals surface area contributed by atoms with Crippen molar-refractivity contribution in [2.75, 3.05) is 5.84 Å². The average Bonchev–Trinajstić information content (AvgIpc) is 2.16. The smallest absolute Gasteiger partial charge is 0.205 e. The largest absolute Gasteiger partial charge is 0.306 e. The van der Waals surface area contributed by atoms with Gasteiger partial charge in [0.05, 0.1) is 0 Å². The summed E-state index contributed by atoms with van der Waals surface area (Å²) in [6.45, 7) is 2.06. The quantitative estimate of drug-likeness (QED) is 0.523. The van der Waals surface area contributed by atoms with Crippen LogP contribution in [0.2, 0.25) is 5.15 Å². The zero-order chi connectivity index (χ0) is 10.8. The van der Waals surface area contributed by atoms with Gasteiger partial charge in [0.2, 0.25) is 10.3 Å². The number of aryl methyl sites for hydroxylation is 1. The van der Waals surface area contributed by atoms with Crippen LogP contribution in [0.1, 0.15) is 5.56 Å². The molecule has 0 saturated heterocycles. The van der Waals surface area contributed by atoms with Gasteiger partial charge in [-0.25, -0.2) is 5.10 Å². The molecule has 0 saturated carbocycles. The molecule has 0 aliphatic heterocycles. The lowest BCUT2D eigenvalue weighted by Gasteiger charge is -2.01. The van der Waals surface area contributed by atoms with Gasteiger partial charge < -0.3 is 5.84 Å². The van der Waals surface area contributed by atoms with Crippen LogP contribution in [0.5, 0.6) is 0 Å². The highest BCUT2D eigenvalue weighted by Crippen LogP contribution is 2.30. The molecular weight excluding hydrogens is 232 g/mol. The minimum atomic E-state index is -0.285. The molecule has 2 rings (SSSR count). The molecule has 1 aromatic heterocycles. The second kappa shape index (κ2) is 4.04. The van der Waals surface area contributed by atoms with Gasteiger partial charge in [-0.15, -0.1) is 0 Å². The molecule has 0 aliphatic carbocycles. The zero-order valence-electron chi connectivity index (χ0n) is 8.20. The third-order valence-electron chi connectivity index (χ3n) is 1.98. The predicted molar refractivity (Wildman–Crippen MR) is 64.5 cm³/mol. The molecule has 0 spiro atoms. The third kappa shape index (κ3) is 2.19. The SMILES string of the molecule is Cc1ccccc1-[s+]1cc(Cl)[nH]n(N)[nH]1. The van der Waals surface area contributed by atoms with Gasteiger partial charge >= 0.3 is 0 Å². The van der Waals surface area contributed by atoms with Crippen LogP contribution in [0.4, 0.5) is 0 Å². The Kier molecular flexibility index (Phi) is 2.75. The lowest BCUT2D eigenvalue weighted by atomic mass is 10.2. The normalized spacial score (nSPS) is 11.5. The number of nitrogens with two attached hydrogens (primary N) is 1. The fourth-order valence-electron chi connectivity index (χ4n) is 1.32. The van der Waals surface area contributed by atoms with Crippen LogP contribution in [0.25, 0.3) is 4.90 Å². The zero-order valence-corrected chi connectivity index (χ0v) is 9.77. The van der Waals surface area contributed by atoms with Gasteiger partial charge in [-0.2, -0.15) is 0 Å². The monoisotopic (exact) mass is 243 g/mol. The summed E-state index contributed by atoms with van der Waals surface area (Å²) in [4.78, 5) is 2.46. The number of nitrogens with one attached hydrogen (secondary N) is 2. The Hall–Kier alpha value is -1.33. The van der Waals surface area contributed by atoms with E-state index in [-0.39, 0.29) is 10.7 Å². The van der Waals surface area contributed by atoms with Crippen LogP contribution in [-0.4, -0.2) is 14.5 Å². The number of halogens is 1. The van der Waals surface area contributed by atoms with E-state index in [4.69, 9.17) is 17.4 Å². The molecule has 15 heavy (non-hydrogen) atoms. The van der Waals surface area contributed by atoms with Crippen LogP contribution in [-0.2, 0) is 0 Å². The third-order valence-corrected chi connectivity index (χ3v) is 4.10. The first-order valence-corrected chi connectivity index (χ1v) is 6.07. The number of benzene rings is 1. The Morgan fingerprint density at radius 1 is 1.40 bits per heavy atom. The predicted octanol–water partition coefficient (Wildman–Crippen LogP) is 2.68. The van der Waals surface area contributed by atoms with Crippen LogP contribution in [0.15, 0.2) is 29.6 Å². The summed E-state index contributed by atoms with van der Waals surface area (Å²) >= 11 is 5.90. The van der Waals surface area contributed by atoms with E-state index in [2.05, 4.69) is 28.6 Å². The number of rotatable bonds is 1. The van der Waals surface area contributed by atoms with E-state index >= 15 is 0 Å². The molecule has 0 bridgehead atoms. The first kappa shape index (κ1) is 10.2. The van der Waals surface area contributed by atoms with Crippen molar-refractivity contribution in [1.29, 1.82) is 0 Å². The highest BCUT2D eigenvalue weighted by molar-refractivity contribution is 7.33. The lowest BCUT2D eigenvalue weighted by Crippen LogP contribution is -2.16. The highest BCUT2D eigenvalue weighted by Gasteiger charge is 2.12. The van der Waals surface area contributed by atoms with E-state index < -0.39 is 0 Å². The second-order valence-electron chi connectivity index (χ2n) is 3.14. The average molecular weight is 244 g/mol. The van der Waals surface area contributed by atoms with Crippen LogP contribution >= 0.6 is 22.3 Å². The molecule has 0 aliphatic rings. The van der Waals surface area contributed by atoms with Gasteiger partial charge in [0.1, 0.15) is 10.7 Å². The van der Waals surface area contributed by atoms with Crippen molar-refractivity contribution in [2.45, 2.75) is 6.92 Å². The molecule has 0 fully saturated rings. The molecule has 0 amide bonds. The Morgan fingerprint density at radius 2 is 2.13 bits per heavy atom. The molecular formula is C9H12ClN4S+. The minimum absolute atomic E-state index is 0.285. The number of aromatic nitrogens is 3. The maximum Gasteiger partial charge on any atom is 0.205 e. The van der Waals surface area contributed by atoms with Crippen LogP contribution < -0.4 is 5.84 Å². The minimum Gasteiger partial charge on any atom is -0.306 e. The van der Waals surface area contributed by atoms with Crippen LogP contribution in [0.3, 0.4) is 0 Å². The Labute approximate surface area is 95.0 Å². The fraction of sp³-hybridized carbons (Fsp3) is 0.111. The van der Waals surface area contributed by atoms with Crippen LogP contribution in [0, 0.1) is 6.92 Å². The summed E-state index contributed by atoms with van der Waals surface area (Å²) in [6, 6.07) is 8.14. The summed E-state index contributed by atoms with van der Waals surface area (Å²) in [5.41, 5.74) is 1.21. The number of nitrogens with zero attached hydrogens (tertiary/aromatic N) is 1. The molecule has 2 aromatic rings. The van der Waals surface area contributed by atoms with Crippen molar-refractivity contribution < 1.29 is 0 Å². The first-order valence-electron chi connectivity index (χ1n) is 4.40. The van der Waals surface area contributed by atoms with Gasteiger partial charge in [-0.05, 0) is 6.92 Å². The Bertz CT molecular complexity index is 483. The van der Waals surface area contributed by atoms with Gasteiger partial charge in [0.15, 0.2) is 5.15 Å². The van der Waals surface area contributed by atoms with E-state index in [0.29, 0.717) is 5.15 Å². The van der Waals surface area contributed by atoms with E-state index in [1.807, 2.05) is 17.5 Å². The first-order chi connectivity index (χ1) is 7.16. The maximum atomic E-state index is 5.90. The molecule has 4 N–H and O–H groups in total. The van der Waals surface area contributed by atoms with Crippen molar-refractivity contribution in [3.05, 3.63) is 40.4 Å². The molecule has 1 atom stereocenters. The van der Waals surface area contributed by atoms with Crippen molar-refractivity contribution in [1.82, 2.24) is 14.5 Å². The molecule has 1 unspecified atom stereocenters. The fourth-order valence-corrected chi connectivity index (χ4v) is 3.11. The van der Waals surface area contributed by atoms with Crippen molar-refractivity contribution in [2.24, 2.45) is 0 Å². The summed E-state index contributed by atoms with van der Waals surface area (Å²) in [5.74, 6) is 5.60. The Balaban J connectivity index is 2.59. The van der Waals surface area contributed by atoms with Gasteiger partial charge in [-0.3, -0.25) is 0 Å². The summed E-state index contributed by atoms with van der Waals surface area (Å²) in [7, 11) is -0.285. The number of hydrogen-bond donors (Lipinski definition) is 3. The topological polar surface area (TPSA) is 62.5 Å². The van der Waals surface area contributed by atoms with Crippen molar-refractivity contribution in [3.8, 4) is 4.90 Å². The van der Waals surface area contributed by atoms with E-state index in [1.165, 1.54) is 15.4 Å². The van der Waals surface area contributed by atoms with E-state index in [1.54, 1.807) is 0 Å². The number of hydrogen-bond acceptors (Lipinski definition) is 1. The molecule has 6 heteroatoms. The molecule has 1 heterocycles. The van der Waals surface area contributed by atoms with E-state index in [9.17, 15) is 0 Å². The second-order valence-corrected chi connectivity index (χ2v) is 5.08. The standard InChI is InChI=1S/C9H12ClN4S/c1-7-4-2-3-5-8(7)15-6-9(10)12-14(11)13-15/h2-6,12-13H,11H2,1H3/q+1. The highest BCUT2D eigenvalue weighted by atomic mass is 35.5. The summed E-state index contributed by atoms with van der Waals surface area (Å²) in [6.07, 6.45) is 0. The molecule has 4 nitrogen and oxygen atoms in total. The Morgan fingerprint density at radius 3 is 2.80 bits per heavy atom. The van der Waals surface area contributed by atoms with Crippen molar-refractivity contribution >= 4 is 22.3 Å². The number of aromatic amines is 2. The van der Waals surface area contributed by atoms with Gasteiger partial charge in [0.25, 0.3) is 0 Å². The lowest BCUT2D eigenvalue weighted by molar-refractivity contribution is 0.698. The summed E-state index contributed by atoms with van der Waals surface area (Å²) < 4.78 is 3.07. The van der Waals surface area contributed by atoms with Gasteiger partial charge in [-0.1, -0.05) is 39.2 Å². The van der Waals surface area contributed by atoms with E-state index in [0.717, 1.165) is 0 Å². The van der Waals surface area contributed by atoms with Gasteiger partial charge in [0, 0.05) is 11.6 Å². The molecule has 80 valence electrons. The summed E-state index contributed by atoms with van der Waals surface area (Å²) in [5, 5.41) is 5.17.